The largest absolute Gasteiger partial charge is 0.462 e. The van der Waals surface area contributed by atoms with Gasteiger partial charge in [-0.3, -0.25) is 4.72 Å². The lowest BCUT2D eigenvalue weighted by molar-refractivity contribution is 0.0500. The summed E-state index contributed by atoms with van der Waals surface area (Å²) in [5.41, 5.74) is 0.309. The summed E-state index contributed by atoms with van der Waals surface area (Å²) in [5, 5.41) is 0. The molecule has 0 unspecified atom stereocenters. The lowest BCUT2D eigenvalue weighted by Gasteiger charge is -2.10. The molecule has 8 heteroatoms. The number of unbranched alkanes of at least 4 members (excludes halogenated alkanes) is 1. The second-order valence-electron chi connectivity index (χ2n) is 5.22. The van der Waals surface area contributed by atoms with Crippen molar-refractivity contribution in [3.8, 4) is 0 Å². The minimum atomic E-state index is -4.44. The summed E-state index contributed by atoms with van der Waals surface area (Å²) in [6, 6.07) is 8.13. The van der Waals surface area contributed by atoms with Gasteiger partial charge in [0, 0.05) is 5.69 Å². The standard InChI is InChI=1S/C17H17F2NO4S/c1-2-3-11-24-17(21)12-7-9-13(10-8-12)20-25(22,23)16-14(18)5-4-6-15(16)19/h4-10,20H,2-3,11H2,1H3. The van der Waals surface area contributed by atoms with Crippen LogP contribution in [-0.2, 0) is 14.8 Å². The van der Waals surface area contributed by atoms with E-state index in [4.69, 9.17) is 4.74 Å². The fourth-order valence-electron chi connectivity index (χ4n) is 2.01. The number of carbonyl (C=O) groups is 1. The van der Waals surface area contributed by atoms with E-state index >= 15 is 0 Å². The van der Waals surface area contributed by atoms with E-state index < -0.39 is 32.5 Å². The highest BCUT2D eigenvalue weighted by Gasteiger charge is 2.23. The van der Waals surface area contributed by atoms with E-state index in [0.29, 0.717) is 6.61 Å². The quantitative estimate of drug-likeness (QED) is 0.596. The van der Waals surface area contributed by atoms with Crippen LogP contribution in [0.5, 0.6) is 0 Å². The molecule has 2 aromatic rings. The molecule has 0 aliphatic heterocycles. The third-order valence-electron chi connectivity index (χ3n) is 3.29. The van der Waals surface area contributed by atoms with Crippen molar-refractivity contribution in [2.45, 2.75) is 24.7 Å². The first-order chi connectivity index (χ1) is 11.8. The molecular formula is C17H17F2NO4S. The molecule has 0 saturated heterocycles. The molecule has 0 aromatic heterocycles. The summed E-state index contributed by atoms with van der Waals surface area (Å²) >= 11 is 0. The molecule has 0 bridgehead atoms. The zero-order valence-electron chi connectivity index (χ0n) is 13.5. The van der Waals surface area contributed by atoms with E-state index in [1.54, 1.807) is 0 Å². The molecule has 0 aliphatic rings. The molecule has 0 heterocycles. The van der Waals surface area contributed by atoms with E-state index in [2.05, 4.69) is 4.72 Å². The normalized spacial score (nSPS) is 11.2. The van der Waals surface area contributed by atoms with Gasteiger partial charge in [-0.25, -0.2) is 22.0 Å². The number of rotatable bonds is 7. The van der Waals surface area contributed by atoms with Crippen LogP contribution in [0.3, 0.4) is 0 Å². The predicted octanol–water partition coefficient (Wildman–Crippen LogP) is 3.72. The Hall–Kier alpha value is -2.48. The molecule has 5 nitrogen and oxygen atoms in total. The zero-order chi connectivity index (χ0) is 18.4. The number of nitrogens with one attached hydrogen (secondary N) is 1. The molecule has 0 spiro atoms. The highest BCUT2D eigenvalue weighted by atomic mass is 32.2. The molecular weight excluding hydrogens is 352 g/mol. The molecule has 0 atom stereocenters. The lowest BCUT2D eigenvalue weighted by atomic mass is 10.2. The van der Waals surface area contributed by atoms with Crippen LogP contribution >= 0.6 is 0 Å². The van der Waals surface area contributed by atoms with Gasteiger partial charge in [-0.2, -0.15) is 0 Å². The monoisotopic (exact) mass is 369 g/mol. The number of benzene rings is 2. The van der Waals surface area contributed by atoms with Gasteiger partial charge in [0.05, 0.1) is 12.2 Å². The molecule has 25 heavy (non-hydrogen) atoms. The van der Waals surface area contributed by atoms with Crippen LogP contribution in [0.1, 0.15) is 30.1 Å². The minimum Gasteiger partial charge on any atom is -0.462 e. The highest BCUT2D eigenvalue weighted by Crippen LogP contribution is 2.22. The maximum absolute atomic E-state index is 13.6. The number of sulfonamides is 1. The van der Waals surface area contributed by atoms with Gasteiger partial charge in [-0.15, -0.1) is 0 Å². The van der Waals surface area contributed by atoms with Crippen molar-refractivity contribution >= 4 is 21.7 Å². The van der Waals surface area contributed by atoms with Crippen LogP contribution in [0.25, 0.3) is 0 Å². The molecule has 0 aliphatic carbocycles. The fourth-order valence-corrected chi connectivity index (χ4v) is 3.21. The van der Waals surface area contributed by atoms with Gasteiger partial charge in [0.1, 0.15) is 11.6 Å². The summed E-state index contributed by atoms with van der Waals surface area (Å²) in [6.45, 7) is 2.27. The third-order valence-corrected chi connectivity index (χ3v) is 4.72. The number of halogens is 2. The molecule has 0 saturated carbocycles. The summed E-state index contributed by atoms with van der Waals surface area (Å²) in [4.78, 5) is 10.7. The average Bonchev–Trinajstić information content (AvgIpc) is 2.55. The first kappa shape index (κ1) is 18.9. The van der Waals surface area contributed by atoms with Crippen molar-refractivity contribution in [2.24, 2.45) is 0 Å². The molecule has 0 amide bonds. The second kappa shape index (κ2) is 8.06. The molecule has 2 rings (SSSR count). The van der Waals surface area contributed by atoms with E-state index in [1.165, 1.54) is 24.3 Å². The summed E-state index contributed by atoms with van der Waals surface area (Å²) < 4.78 is 58.7. The smallest absolute Gasteiger partial charge is 0.338 e. The molecule has 1 N–H and O–H groups in total. The van der Waals surface area contributed by atoms with Crippen LogP contribution in [0, 0.1) is 11.6 Å². The summed E-state index contributed by atoms with van der Waals surface area (Å²) in [5.74, 6) is -2.91. The Balaban J connectivity index is 2.14. The van der Waals surface area contributed by atoms with Gasteiger partial charge in [0.25, 0.3) is 10.0 Å². The number of esters is 1. The molecule has 0 radical (unpaired) electrons. The van der Waals surface area contributed by atoms with Crippen molar-refractivity contribution in [2.75, 3.05) is 11.3 Å². The summed E-state index contributed by atoms with van der Waals surface area (Å²) in [7, 11) is -4.44. The number of hydrogen-bond acceptors (Lipinski definition) is 4. The Bertz CT molecular complexity index is 831. The Morgan fingerprint density at radius 2 is 1.68 bits per heavy atom. The summed E-state index contributed by atoms with van der Waals surface area (Å²) in [6.07, 6.45) is 1.64. The van der Waals surface area contributed by atoms with Crippen molar-refractivity contribution in [3.05, 3.63) is 59.7 Å². The number of hydrogen-bond donors (Lipinski definition) is 1. The van der Waals surface area contributed by atoms with Crippen LogP contribution < -0.4 is 4.72 Å². The molecule has 134 valence electrons. The van der Waals surface area contributed by atoms with E-state index in [1.807, 2.05) is 6.92 Å². The SMILES string of the molecule is CCCCOC(=O)c1ccc(NS(=O)(=O)c2c(F)cccc2F)cc1. The van der Waals surface area contributed by atoms with Gasteiger partial charge in [-0.1, -0.05) is 19.4 Å². The molecule has 0 fully saturated rings. The fraction of sp³-hybridized carbons (Fsp3) is 0.235. The number of carbonyl (C=O) groups excluding carboxylic acids is 1. The van der Waals surface area contributed by atoms with Crippen LogP contribution in [-0.4, -0.2) is 21.0 Å². The first-order valence-corrected chi connectivity index (χ1v) is 9.07. The van der Waals surface area contributed by atoms with Gasteiger partial charge in [-0.05, 0) is 42.8 Å². The zero-order valence-corrected chi connectivity index (χ0v) is 14.3. The van der Waals surface area contributed by atoms with Crippen molar-refractivity contribution in [3.63, 3.8) is 0 Å². The molecule has 2 aromatic carbocycles. The Morgan fingerprint density at radius 1 is 1.08 bits per heavy atom. The highest BCUT2D eigenvalue weighted by molar-refractivity contribution is 7.92. The average molecular weight is 369 g/mol. The van der Waals surface area contributed by atoms with Gasteiger partial charge in [0.15, 0.2) is 4.90 Å². The van der Waals surface area contributed by atoms with E-state index in [0.717, 1.165) is 31.0 Å². The Labute approximate surface area is 144 Å². The topological polar surface area (TPSA) is 72.5 Å². The van der Waals surface area contributed by atoms with Crippen LogP contribution in [0.15, 0.2) is 47.4 Å². The maximum Gasteiger partial charge on any atom is 0.338 e. The van der Waals surface area contributed by atoms with Crippen molar-refractivity contribution < 1.29 is 26.7 Å². The Morgan fingerprint density at radius 3 is 2.24 bits per heavy atom. The second-order valence-corrected chi connectivity index (χ2v) is 6.84. The van der Waals surface area contributed by atoms with E-state index in [-0.39, 0.29) is 11.3 Å². The minimum absolute atomic E-state index is 0.0627. The first-order valence-electron chi connectivity index (χ1n) is 7.59. The third kappa shape index (κ3) is 4.76. The predicted molar refractivity (Wildman–Crippen MR) is 88.8 cm³/mol. The van der Waals surface area contributed by atoms with Gasteiger partial charge < -0.3 is 4.74 Å². The van der Waals surface area contributed by atoms with E-state index in [9.17, 15) is 22.0 Å². The Kier molecular flexibility index (Phi) is 6.08. The van der Waals surface area contributed by atoms with Crippen molar-refractivity contribution in [1.29, 1.82) is 0 Å². The van der Waals surface area contributed by atoms with Gasteiger partial charge >= 0.3 is 5.97 Å². The lowest BCUT2D eigenvalue weighted by Crippen LogP contribution is -2.16. The number of anilines is 1. The van der Waals surface area contributed by atoms with Crippen LogP contribution in [0.4, 0.5) is 14.5 Å². The number of ether oxygens (including phenoxy) is 1. The van der Waals surface area contributed by atoms with Gasteiger partial charge in [0.2, 0.25) is 0 Å². The van der Waals surface area contributed by atoms with Crippen molar-refractivity contribution in [1.82, 2.24) is 0 Å². The van der Waals surface area contributed by atoms with Crippen LogP contribution in [0.2, 0.25) is 0 Å². The maximum atomic E-state index is 13.6.